The van der Waals surface area contributed by atoms with Crippen LogP contribution in [0.15, 0.2) is 30.6 Å². The van der Waals surface area contributed by atoms with Gasteiger partial charge in [0.15, 0.2) is 0 Å². The highest BCUT2D eigenvalue weighted by atomic mass is 16.1. The molecule has 2 rings (SSSR count). The van der Waals surface area contributed by atoms with Crippen molar-refractivity contribution >= 4 is 11.6 Å². The van der Waals surface area contributed by atoms with E-state index in [9.17, 15) is 4.79 Å². The number of carbonyl (C=O) groups excluding carboxylic acids is 1. The third-order valence-electron chi connectivity index (χ3n) is 3.47. The summed E-state index contributed by atoms with van der Waals surface area (Å²) in [5.41, 5.74) is 3.73. The highest BCUT2D eigenvalue weighted by molar-refractivity contribution is 5.96. The number of anilines is 1. The fourth-order valence-electron chi connectivity index (χ4n) is 2.16. The fraction of sp³-hybridized carbons (Fsp3) is 0.375. The quantitative estimate of drug-likeness (QED) is 0.888. The molecular weight excluding hydrogens is 264 g/mol. The molecule has 0 fully saturated rings. The summed E-state index contributed by atoms with van der Waals surface area (Å²) >= 11 is 0. The molecule has 5 heteroatoms. The van der Waals surface area contributed by atoms with Crippen LogP contribution in [-0.4, -0.2) is 22.7 Å². The topological polar surface area (TPSA) is 59.0 Å². The number of amides is 1. The molecule has 1 aromatic carbocycles. The molecule has 1 heterocycles. The first-order valence-electron chi connectivity index (χ1n) is 7.11. The van der Waals surface area contributed by atoms with Crippen molar-refractivity contribution in [3.05, 3.63) is 47.3 Å². The Morgan fingerprint density at radius 2 is 2.14 bits per heavy atom. The number of hydrogen-bond acceptors (Lipinski definition) is 3. The number of carbonyl (C=O) groups is 1. The number of benzene rings is 1. The van der Waals surface area contributed by atoms with Crippen LogP contribution in [0.1, 0.15) is 41.4 Å². The number of rotatable bonds is 5. The predicted molar refractivity (Wildman–Crippen MR) is 84.5 cm³/mol. The average Bonchev–Trinajstić information content (AvgIpc) is 2.94. The van der Waals surface area contributed by atoms with Crippen LogP contribution in [0.3, 0.4) is 0 Å². The van der Waals surface area contributed by atoms with E-state index in [0.717, 1.165) is 16.8 Å². The minimum atomic E-state index is -0.0659. The smallest absolute Gasteiger partial charge is 0.251 e. The molecule has 0 aliphatic rings. The molecule has 0 spiro atoms. The van der Waals surface area contributed by atoms with E-state index in [0.29, 0.717) is 18.2 Å². The second kappa shape index (κ2) is 6.43. The van der Waals surface area contributed by atoms with E-state index < -0.39 is 0 Å². The lowest BCUT2D eigenvalue weighted by Gasteiger charge is -2.12. The van der Waals surface area contributed by atoms with Crippen molar-refractivity contribution in [1.29, 1.82) is 0 Å². The van der Waals surface area contributed by atoms with E-state index in [1.807, 2.05) is 42.2 Å². The molecule has 0 saturated carbocycles. The molecule has 1 aromatic heterocycles. The third-order valence-corrected chi connectivity index (χ3v) is 3.47. The summed E-state index contributed by atoms with van der Waals surface area (Å²) in [6.45, 7) is 6.83. The van der Waals surface area contributed by atoms with Gasteiger partial charge in [-0.2, -0.15) is 5.10 Å². The molecule has 0 radical (unpaired) electrons. The highest BCUT2D eigenvalue weighted by Gasteiger charge is 2.10. The van der Waals surface area contributed by atoms with E-state index >= 15 is 0 Å². The maximum Gasteiger partial charge on any atom is 0.251 e. The Labute approximate surface area is 125 Å². The van der Waals surface area contributed by atoms with Gasteiger partial charge in [0.25, 0.3) is 5.91 Å². The molecule has 5 nitrogen and oxygen atoms in total. The first kappa shape index (κ1) is 15.1. The molecule has 1 amide bonds. The lowest BCUT2D eigenvalue weighted by molar-refractivity contribution is 0.0962. The third kappa shape index (κ3) is 3.42. The fourth-order valence-corrected chi connectivity index (χ4v) is 2.16. The van der Waals surface area contributed by atoms with Gasteiger partial charge in [-0.25, -0.2) is 0 Å². The maximum atomic E-state index is 11.8. The highest BCUT2D eigenvalue weighted by Crippen LogP contribution is 2.19. The first-order valence-corrected chi connectivity index (χ1v) is 7.11. The second-order valence-corrected chi connectivity index (χ2v) is 5.33. The number of nitrogens with zero attached hydrogens (tertiary/aromatic N) is 2. The normalized spacial score (nSPS) is 10.7. The van der Waals surface area contributed by atoms with Gasteiger partial charge < -0.3 is 10.6 Å². The Kier molecular flexibility index (Phi) is 4.62. The standard InChI is InChI=1S/C16H22N4O/c1-11(2)20-10-13(9-19-20)8-18-15-7-5-6-14(12(15)3)16(21)17-4/h5-7,9-11,18H,8H2,1-4H3,(H,17,21). The molecule has 112 valence electrons. The van der Waals surface area contributed by atoms with Crippen molar-refractivity contribution in [2.75, 3.05) is 12.4 Å². The van der Waals surface area contributed by atoms with Crippen molar-refractivity contribution < 1.29 is 4.79 Å². The van der Waals surface area contributed by atoms with Gasteiger partial charge in [-0.1, -0.05) is 6.07 Å². The van der Waals surface area contributed by atoms with E-state index in [1.165, 1.54) is 0 Å². The van der Waals surface area contributed by atoms with Crippen LogP contribution in [0, 0.1) is 6.92 Å². The molecule has 0 aliphatic carbocycles. The molecule has 2 aromatic rings. The molecule has 21 heavy (non-hydrogen) atoms. The van der Waals surface area contributed by atoms with Gasteiger partial charge in [0.2, 0.25) is 0 Å². The monoisotopic (exact) mass is 286 g/mol. The van der Waals surface area contributed by atoms with Crippen LogP contribution < -0.4 is 10.6 Å². The molecule has 0 atom stereocenters. The van der Waals surface area contributed by atoms with Crippen LogP contribution in [0.4, 0.5) is 5.69 Å². The summed E-state index contributed by atoms with van der Waals surface area (Å²) in [5, 5.41) is 10.3. The zero-order chi connectivity index (χ0) is 15.4. The van der Waals surface area contributed by atoms with Crippen molar-refractivity contribution in [3.63, 3.8) is 0 Å². The summed E-state index contributed by atoms with van der Waals surface area (Å²) in [4.78, 5) is 11.8. The Morgan fingerprint density at radius 1 is 1.38 bits per heavy atom. The van der Waals surface area contributed by atoms with E-state index in [2.05, 4.69) is 29.6 Å². The summed E-state index contributed by atoms with van der Waals surface area (Å²) in [7, 11) is 1.64. The largest absolute Gasteiger partial charge is 0.381 e. The van der Waals surface area contributed by atoms with Crippen molar-refractivity contribution in [3.8, 4) is 0 Å². The van der Waals surface area contributed by atoms with Gasteiger partial charge in [0.1, 0.15) is 0 Å². The SMILES string of the molecule is CNC(=O)c1cccc(NCc2cnn(C(C)C)c2)c1C. The summed E-state index contributed by atoms with van der Waals surface area (Å²) in [5.74, 6) is -0.0659. The van der Waals surface area contributed by atoms with Gasteiger partial charge in [-0.3, -0.25) is 9.48 Å². The zero-order valence-corrected chi connectivity index (χ0v) is 13.0. The summed E-state index contributed by atoms with van der Waals surface area (Å²) < 4.78 is 1.94. The van der Waals surface area contributed by atoms with E-state index in [4.69, 9.17) is 0 Å². The Balaban J connectivity index is 2.11. The molecule has 2 N–H and O–H groups in total. The van der Waals surface area contributed by atoms with Crippen LogP contribution in [0.25, 0.3) is 0 Å². The summed E-state index contributed by atoms with van der Waals surface area (Å²) in [6, 6.07) is 6.06. The van der Waals surface area contributed by atoms with Crippen LogP contribution in [-0.2, 0) is 6.54 Å². The van der Waals surface area contributed by atoms with Crippen molar-refractivity contribution in [1.82, 2.24) is 15.1 Å². The lowest BCUT2D eigenvalue weighted by atomic mass is 10.1. The van der Waals surface area contributed by atoms with Gasteiger partial charge in [-0.05, 0) is 38.5 Å². The number of nitrogens with one attached hydrogen (secondary N) is 2. The minimum Gasteiger partial charge on any atom is -0.381 e. The number of hydrogen-bond donors (Lipinski definition) is 2. The molecular formula is C16H22N4O. The van der Waals surface area contributed by atoms with Gasteiger partial charge in [0, 0.05) is 42.6 Å². The second-order valence-electron chi connectivity index (χ2n) is 5.33. The summed E-state index contributed by atoms with van der Waals surface area (Å²) in [6.07, 6.45) is 3.90. The first-order chi connectivity index (χ1) is 10.0. The Morgan fingerprint density at radius 3 is 2.76 bits per heavy atom. The van der Waals surface area contributed by atoms with Crippen LogP contribution >= 0.6 is 0 Å². The number of aromatic nitrogens is 2. The molecule has 0 aliphatic heterocycles. The lowest BCUT2D eigenvalue weighted by Crippen LogP contribution is -2.19. The predicted octanol–water partition coefficient (Wildman–Crippen LogP) is 2.74. The zero-order valence-electron chi connectivity index (χ0n) is 13.0. The minimum absolute atomic E-state index is 0.0659. The van der Waals surface area contributed by atoms with Gasteiger partial charge in [-0.15, -0.1) is 0 Å². The van der Waals surface area contributed by atoms with Crippen LogP contribution in [0.2, 0.25) is 0 Å². The van der Waals surface area contributed by atoms with Crippen molar-refractivity contribution in [2.24, 2.45) is 0 Å². The van der Waals surface area contributed by atoms with Gasteiger partial charge in [0.05, 0.1) is 6.20 Å². The maximum absolute atomic E-state index is 11.8. The molecule has 0 bridgehead atoms. The van der Waals surface area contributed by atoms with Crippen molar-refractivity contribution in [2.45, 2.75) is 33.4 Å². The van der Waals surface area contributed by atoms with Crippen LogP contribution in [0.5, 0.6) is 0 Å². The van der Waals surface area contributed by atoms with E-state index in [1.54, 1.807) is 7.05 Å². The molecule has 0 unspecified atom stereocenters. The molecule has 0 saturated heterocycles. The van der Waals surface area contributed by atoms with E-state index in [-0.39, 0.29) is 5.91 Å². The average molecular weight is 286 g/mol. The van der Waals surface area contributed by atoms with Gasteiger partial charge >= 0.3 is 0 Å². The Bertz CT molecular complexity index is 631. The Hall–Kier alpha value is -2.30.